The molecule has 0 saturated carbocycles. The van der Waals surface area contributed by atoms with E-state index in [0.717, 1.165) is 26.1 Å². The molecule has 0 spiro atoms. The van der Waals surface area contributed by atoms with Crippen molar-refractivity contribution in [2.24, 2.45) is 0 Å². The Bertz CT molecular complexity index is 595. The van der Waals surface area contributed by atoms with Gasteiger partial charge in [0.25, 0.3) is 5.69 Å². The van der Waals surface area contributed by atoms with Crippen LogP contribution in [0.2, 0.25) is 0 Å². The van der Waals surface area contributed by atoms with Crippen LogP contribution in [-0.2, 0) is 9.53 Å². The number of carboxylic acids is 1. The van der Waals surface area contributed by atoms with E-state index in [4.69, 9.17) is 14.6 Å². The van der Waals surface area contributed by atoms with Crippen LogP contribution in [0.15, 0.2) is 24.3 Å². The van der Waals surface area contributed by atoms with Crippen molar-refractivity contribution in [3.8, 4) is 5.75 Å². The Kier molecular flexibility index (Phi) is 7.76. The van der Waals surface area contributed by atoms with Crippen LogP contribution in [0.5, 0.6) is 5.75 Å². The Morgan fingerprint density at radius 1 is 1.46 bits per heavy atom. The van der Waals surface area contributed by atoms with Gasteiger partial charge < -0.3 is 14.6 Å². The van der Waals surface area contributed by atoms with Gasteiger partial charge in [-0.15, -0.1) is 0 Å². The van der Waals surface area contributed by atoms with Crippen LogP contribution in [-0.4, -0.2) is 84.9 Å². The number of likely N-dealkylation sites (N-methyl/N-ethyl adjacent to an activating group) is 1. The number of non-ortho nitro benzene ring substituents is 1. The van der Waals surface area contributed by atoms with Crippen molar-refractivity contribution in [2.45, 2.75) is 12.5 Å². The van der Waals surface area contributed by atoms with Gasteiger partial charge in [-0.2, -0.15) is 0 Å². The molecule has 0 aliphatic carbocycles. The number of nitro benzene ring substituents is 1. The second-order valence-corrected chi connectivity index (χ2v) is 6.34. The molecule has 1 fully saturated rings. The average molecular weight is 367 g/mol. The first-order valence-corrected chi connectivity index (χ1v) is 8.55. The lowest BCUT2D eigenvalue weighted by Crippen LogP contribution is -2.47. The van der Waals surface area contributed by atoms with Crippen molar-refractivity contribution in [2.75, 3.05) is 53.0 Å². The van der Waals surface area contributed by atoms with E-state index in [1.165, 1.54) is 12.1 Å². The zero-order valence-corrected chi connectivity index (χ0v) is 14.9. The van der Waals surface area contributed by atoms with Gasteiger partial charge in [0.05, 0.1) is 30.8 Å². The predicted octanol–water partition coefficient (Wildman–Crippen LogP) is 1.08. The number of nitro groups is 1. The smallest absolute Gasteiger partial charge is 0.317 e. The molecule has 1 atom stereocenters. The summed E-state index contributed by atoms with van der Waals surface area (Å²) in [6, 6.07) is 6.05. The van der Waals surface area contributed by atoms with Crippen LogP contribution >= 0.6 is 0 Å². The summed E-state index contributed by atoms with van der Waals surface area (Å²) in [6.07, 6.45) is 0.831. The number of hydrogen-bond donors (Lipinski definition) is 1. The third-order valence-electron chi connectivity index (χ3n) is 4.08. The predicted molar refractivity (Wildman–Crippen MR) is 94.5 cm³/mol. The van der Waals surface area contributed by atoms with Gasteiger partial charge in [0.2, 0.25) is 0 Å². The van der Waals surface area contributed by atoms with E-state index in [-0.39, 0.29) is 18.3 Å². The van der Waals surface area contributed by atoms with Crippen molar-refractivity contribution >= 4 is 11.7 Å². The number of carboxylic acid groups (broad SMARTS) is 1. The summed E-state index contributed by atoms with van der Waals surface area (Å²) in [5, 5.41) is 19.4. The minimum atomic E-state index is -0.844. The molecule has 1 unspecified atom stereocenters. The fourth-order valence-electron chi connectivity index (χ4n) is 2.88. The largest absolute Gasteiger partial charge is 0.494 e. The lowest BCUT2D eigenvalue weighted by molar-refractivity contribution is -0.384. The molecule has 9 heteroatoms. The van der Waals surface area contributed by atoms with E-state index in [1.54, 1.807) is 24.1 Å². The molecule has 26 heavy (non-hydrogen) atoms. The molecule has 1 heterocycles. The van der Waals surface area contributed by atoms with Crippen LogP contribution < -0.4 is 4.74 Å². The number of ether oxygens (including phenoxy) is 2. The standard InChI is InChI=1S/C17H25N3O6/c1-18(13-17(21)22)11-16-12-19(8-10-26-16)7-2-9-25-15-5-3-14(4-6-15)20(23)24/h3-6,16H,2,7-13H2,1H3,(H,21,22). The van der Waals surface area contributed by atoms with Crippen LogP contribution in [0.3, 0.4) is 0 Å². The van der Waals surface area contributed by atoms with Gasteiger partial charge in [-0.3, -0.25) is 24.7 Å². The third kappa shape index (κ3) is 6.95. The molecular formula is C17H25N3O6. The van der Waals surface area contributed by atoms with Gasteiger partial charge in [-0.25, -0.2) is 0 Å². The zero-order chi connectivity index (χ0) is 18.9. The van der Waals surface area contributed by atoms with Crippen LogP contribution in [0.25, 0.3) is 0 Å². The van der Waals surface area contributed by atoms with E-state index in [0.29, 0.717) is 25.5 Å². The maximum Gasteiger partial charge on any atom is 0.317 e. The summed E-state index contributed by atoms with van der Waals surface area (Å²) in [6.45, 7) is 4.21. The number of aliphatic carboxylic acids is 1. The van der Waals surface area contributed by atoms with Gasteiger partial charge in [0.1, 0.15) is 5.75 Å². The zero-order valence-electron chi connectivity index (χ0n) is 14.9. The van der Waals surface area contributed by atoms with Crippen molar-refractivity contribution in [3.63, 3.8) is 0 Å². The number of carbonyl (C=O) groups is 1. The average Bonchev–Trinajstić information content (AvgIpc) is 2.58. The molecule has 9 nitrogen and oxygen atoms in total. The lowest BCUT2D eigenvalue weighted by Gasteiger charge is -2.34. The molecule has 0 radical (unpaired) electrons. The maximum absolute atomic E-state index is 10.7. The number of benzene rings is 1. The monoisotopic (exact) mass is 367 g/mol. The Labute approximate surface area is 152 Å². The number of hydrogen-bond acceptors (Lipinski definition) is 7. The second-order valence-electron chi connectivity index (χ2n) is 6.34. The normalized spacial score (nSPS) is 18.0. The van der Waals surface area contributed by atoms with Crippen LogP contribution in [0, 0.1) is 10.1 Å². The summed E-state index contributed by atoms with van der Waals surface area (Å²) >= 11 is 0. The third-order valence-corrected chi connectivity index (χ3v) is 4.08. The van der Waals surface area contributed by atoms with Gasteiger partial charge in [0, 0.05) is 38.3 Å². The highest BCUT2D eigenvalue weighted by Crippen LogP contribution is 2.17. The fraction of sp³-hybridized carbons (Fsp3) is 0.588. The molecule has 1 N–H and O–H groups in total. The minimum Gasteiger partial charge on any atom is -0.494 e. The molecule has 1 aliphatic heterocycles. The number of rotatable bonds is 10. The molecule has 1 aromatic rings. The van der Waals surface area contributed by atoms with Crippen molar-refractivity contribution in [1.82, 2.24) is 9.80 Å². The maximum atomic E-state index is 10.7. The molecule has 144 valence electrons. The van der Waals surface area contributed by atoms with Gasteiger partial charge in [-0.1, -0.05) is 0 Å². The summed E-state index contributed by atoms with van der Waals surface area (Å²) < 4.78 is 11.3. The summed E-state index contributed by atoms with van der Waals surface area (Å²) in [5.74, 6) is -0.227. The van der Waals surface area contributed by atoms with E-state index in [9.17, 15) is 14.9 Å². The first-order chi connectivity index (χ1) is 12.4. The van der Waals surface area contributed by atoms with E-state index in [1.807, 2.05) is 0 Å². The Hall–Kier alpha value is -2.23. The van der Waals surface area contributed by atoms with E-state index >= 15 is 0 Å². The Balaban J connectivity index is 1.65. The first kappa shape index (κ1) is 20.1. The summed E-state index contributed by atoms with van der Waals surface area (Å²) in [7, 11) is 1.77. The molecule has 1 aliphatic rings. The van der Waals surface area contributed by atoms with Crippen molar-refractivity contribution < 1.29 is 24.3 Å². The Morgan fingerprint density at radius 3 is 2.85 bits per heavy atom. The molecule has 0 bridgehead atoms. The van der Waals surface area contributed by atoms with Gasteiger partial charge in [0.15, 0.2) is 0 Å². The van der Waals surface area contributed by atoms with Crippen LogP contribution in [0.4, 0.5) is 5.69 Å². The topological polar surface area (TPSA) is 105 Å². The van der Waals surface area contributed by atoms with Gasteiger partial charge >= 0.3 is 5.97 Å². The highest BCUT2D eigenvalue weighted by atomic mass is 16.6. The Morgan fingerprint density at radius 2 is 2.19 bits per heavy atom. The summed E-state index contributed by atoms with van der Waals surface area (Å²) in [5.41, 5.74) is 0.0459. The second kappa shape index (κ2) is 10.0. The van der Waals surface area contributed by atoms with Crippen molar-refractivity contribution in [1.29, 1.82) is 0 Å². The molecule has 2 rings (SSSR count). The SMILES string of the molecule is CN(CC(=O)O)CC1CN(CCCOc2ccc([N+](=O)[O-])cc2)CCO1. The highest BCUT2D eigenvalue weighted by molar-refractivity contribution is 5.69. The number of nitrogens with zero attached hydrogens (tertiary/aromatic N) is 3. The van der Waals surface area contributed by atoms with Gasteiger partial charge in [-0.05, 0) is 25.6 Å². The van der Waals surface area contributed by atoms with E-state index < -0.39 is 10.9 Å². The molecule has 1 saturated heterocycles. The highest BCUT2D eigenvalue weighted by Gasteiger charge is 2.22. The summed E-state index contributed by atoms with van der Waals surface area (Å²) in [4.78, 5) is 24.9. The quantitative estimate of drug-likeness (QED) is 0.372. The van der Waals surface area contributed by atoms with Crippen LogP contribution in [0.1, 0.15) is 6.42 Å². The molecule has 0 aromatic heterocycles. The fourth-order valence-corrected chi connectivity index (χ4v) is 2.88. The lowest BCUT2D eigenvalue weighted by atomic mass is 10.2. The molecule has 0 amide bonds. The molecule has 1 aromatic carbocycles. The minimum absolute atomic E-state index is 0.00291. The number of morpholine rings is 1. The van der Waals surface area contributed by atoms with Crippen molar-refractivity contribution in [3.05, 3.63) is 34.4 Å². The first-order valence-electron chi connectivity index (χ1n) is 8.55. The molecular weight excluding hydrogens is 342 g/mol. The van der Waals surface area contributed by atoms with E-state index in [2.05, 4.69) is 4.90 Å².